The number of methoxy groups -OCH3 is 1. The molecule has 21 heavy (non-hydrogen) atoms. The van der Waals surface area contributed by atoms with Gasteiger partial charge in [0.05, 0.1) is 12.8 Å². The molecule has 0 aromatic carbocycles. The summed E-state index contributed by atoms with van der Waals surface area (Å²) in [5.41, 5.74) is 1.58. The molecule has 1 heterocycles. The molecule has 0 saturated heterocycles. The SMILES string of the molecule is COC(=O)c1cc(CN)nc(C(F)(F)F)c1OC(F)(F)F. The third-order valence-corrected chi connectivity index (χ3v) is 2.13. The highest BCUT2D eigenvalue weighted by Gasteiger charge is 2.43. The Morgan fingerprint density at radius 2 is 1.86 bits per heavy atom. The summed E-state index contributed by atoms with van der Waals surface area (Å²) in [6.07, 6.45) is -10.7. The van der Waals surface area contributed by atoms with E-state index in [4.69, 9.17) is 5.73 Å². The van der Waals surface area contributed by atoms with E-state index < -0.39 is 47.8 Å². The van der Waals surface area contributed by atoms with E-state index in [2.05, 4.69) is 14.5 Å². The number of esters is 1. The molecule has 11 heteroatoms. The van der Waals surface area contributed by atoms with Crippen molar-refractivity contribution in [2.75, 3.05) is 7.11 Å². The summed E-state index contributed by atoms with van der Waals surface area (Å²) in [5, 5.41) is 0. The Balaban J connectivity index is 3.63. The van der Waals surface area contributed by atoms with Gasteiger partial charge in [-0.3, -0.25) is 0 Å². The number of rotatable bonds is 3. The number of carbonyl (C=O) groups excluding carboxylic acids is 1. The first kappa shape index (κ1) is 17.0. The van der Waals surface area contributed by atoms with Crippen molar-refractivity contribution in [2.24, 2.45) is 5.73 Å². The Hall–Kier alpha value is -2.04. The molecular formula is C10H8F6N2O3. The van der Waals surface area contributed by atoms with Crippen LogP contribution >= 0.6 is 0 Å². The summed E-state index contributed by atoms with van der Waals surface area (Å²) in [6, 6.07) is 0.641. The highest BCUT2D eigenvalue weighted by Crippen LogP contribution is 2.39. The van der Waals surface area contributed by atoms with Gasteiger partial charge in [0, 0.05) is 6.54 Å². The minimum absolute atomic E-state index is 0.447. The lowest BCUT2D eigenvalue weighted by atomic mass is 10.1. The van der Waals surface area contributed by atoms with Gasteiger partial charge in [0.15, 0.2) is 11.4 Å². The summed E-state index contributed by atoms with van der Waals surface area (Å²) >= 11 is 0. The number of nitrogens with two attached hydrogens (primary N) is 1. The van der Waals surface area contributed by atoms with Crippen molar-refractivity contribution in [1.82, 2.24) is 4.98 Å². The lowest BCUT2D eigenvalue weighted by molar-refractivity contribution is -0.276. The van der Waals surface area contributed by atoms with Gasteiger partial charge in [-0.15, -0.1) is 13.2 Å². The number of carbonyl (C=O) groups is 1. The predicted molar refractivity (Wildman–Crippen MR) is 55.2 cm³/mol. The number of nitrogens with zero attached hydrogens (tertiary/aromatic N) is 1. The van der Waals surface area contributed by atoms with Crippen LogP contribution in [0.5, 0.6) is 5.75 Å². The molecule has 5 nitrogen and oxygen atoms in total. The first-order valence-corrected chi connectivity index (χ1v) is 5.15. The van der Waals surface area contributed by atoms with E-state index in [1.807, 2.05) is 0 Å². The van der Waals surface area contributed by atoms with Crippen LogP contribution in [-0.2, 0) is 17.5 Å². The maximum absolute atomic E-state index is 12.8. The van der Waals surface area contributed by atoms with E-state index in [1.54, 1.807) is 0 Å². The first-order chi connectivity index (χ1) is 9.49. The zero-order valence-electron chi connectivity index (χ0n) is 10.3. The van der Waals surface area contributed by atoms with Crippen LogP contribution in [0.2, 0.25) is 0 Å². The smallest absolute Gasteiger partial charge is 0.465 e. The molecule has 1 aromatic heterocycles. The van der Waals surface area contributed by atoms with Crippen molar-refractivity contribution in [1.29, 1.82) is 0 Å². The zero-order chi connectivity index (χ0) is 16.4. The van der Waals surface area contributed by atoms with Crippen molar-refractivity contribution >= 4 is 5.97 Å². The molecule has 0 radical (unpaired) electrons. The molecule has 1 aromatic rings. The maximum atomic E-state index is 12.8. The summed E-state index contributed by atoms with van der Waals surface area (Å²) < 4.78 is 82.5. The van der Waals surface area contributed by atoms with Crippen molar-refractivity contribution in [3.63, 3.8) is 0 Å². The summed E-state index contributed by atoms with van der Waals surface area (Å²) in [4.78, 5) is 14.3. The van der Waals surface area contributed by atoms with Crippen molar-refractivity contribution in [2.45, 2.75) is 19.1 Å². The second kappa shape index (κ2) is 5.76. The summed E-state index contributed by atoms with van der Waals surface area (Å²) in [5.74, 6) is -3.23. The Kier molecular flexibility index (Phi) is 4.66. The largest absolute Gasteiger partial charge is 0.573 e. The monoisotopic (exact) mass is 318 g/mol. The highest BCUT2D eigenvalue weighted by atomic mass is 19.4. The molecule has 0 aliphatic heterocycles. The number of ether oxygens (including phenoxy) is 2. The molecule has 0 bridgehead atoms. The number of pyridine rings is 1. The molecule has 0 atom stereocenters. The predicted octanol–water partition coefficient (Wildman–Crippen LogP) is 2.24. The molecule has 1 rings (SSSR count). The van der Waals surface area contributed by atoms with E-state index in [1.165, 1.54) is 0 Å². The third kappa shape index (κ3) is 4.21. The first-order valence-electron chi connectivity index (χ1n) is 5.15. The summed E-state index contributed by atoms with van der Waals surface area (Å²) in [6.45, 7) is -0.528. The average molecular weight is 318 g/mol. The number of hydrogen-bond donors (Lipinski definition) is 1. The zero-order valence-corrected chi connectivity index (χ0v) is 10.3. The van der Waals surface area contributed by atoms with Crippen LogP contribution in [0.15, 0.2) is 6.07 Å². The van der Waals surface area contributed by atoms with Crippen LogP contribution in [0, 0.1) is 0 Å². The normalized spacial score (nSPS) is 12.2. The molecule has 0 aliphatic rings. The van der Waals surface area contributed by atoms with Gasteiger partial charge in [-0.2, -0.15) is 13.2 Å². The number of halogens is 6. The Labute approximate surface area is 113 Å². The van der Waals surface area contributed by atoms with Gasteiger partial charge in [-0.25, -0.2) is 9.78 Å². The lowest BCUT2D eigenvalue weighted by Crippen LogP contribution is -2.24. The second-order valence-corrected chi connectivity index (χ2v) is 3.58. The van der Waals surface area contributed by atoms with Crippen LogP contribution in [0.1, 0.15) is 21.7 Å². The van der Waals surface area contributed by atoms with Crippen molar-refractivity contribution < 1.29 is 40.6 Å². The van der Waals surface area contributed by atoms with Gasteiger partial charge in [0.25, 0.3) is 0 Å². The lowest BCUT2D eigenvalue weighted by Gasteiger charge is -2.18. The Morgan fingerprint density at radius 1 is 1.29 bits per heavy atom. The molecule has 0 amide bonds. The van der Waals surface area contributed by atoms with Gasteiger partial charge < -0.3 is 15.2 Å². The molecular weight excluding hydrogens is 310 g/mol. The van der Waals surface area contributed by atoms with E-state index >= 15 is 0 Å². The average Bonchev–Trinajstić information content (AvgIpc) is 2.34. The standard InChI is InChI=1S/C10H8F6N2O3/c1-20-8(19)5-2-4(3-17)18-7(9(11,12)13)6(5)21-10(14,15)16/h2H,3,17H2,1H3. The molecule has 0 saturated carbocycles. The number of alkyl halides is 6. The highest BCUT2D eigenvalue weighted by molar-refractivity contribution is 5.93. The fraction of sp³-hybridized carbons (Fsp3) is 0.400. The molecule has 0 aliphatic carbocycles. The van der Waals surface area contributed by atoms with Crippen LogP contribution in [0.3, 0.4) is 0 Å². The van der Waals surface area contributed by atoms with Gasteiger partial charge in [-0.05, 0) is 6.07 Å². The minimum Gasteiger partial charge on any atom is -0.465 e. The van der Waals surface area contributed by atoms with Gasteiger partial charge in [0.1, 0.15) is 5.56 Å². The van der Waals surface area contributed by atoms with Crippen LogP contribution in [-0.4, -0.2) is 24.4 Å². The van der Waals surface area contributed by atoms with Gasteiger partial charge >= 0.3 is 18.5 Å². The Bertz CT molecular complexity index is 541. The fourth-order valence-electron chi connectivity index (χ4n) is 1.36. The minimum atomic E-state index is -5.45. The van der Waals surface area contributed by atoms with E-state index in [0.717, 1.165) is 7.11 Å². The summed E-state index contributed by atoms with van der Waals surface area (Å²) in [7, 11) is 0.787. The molecule has 0 unspecified atom stereocenters. The van der Waals surface area contributed by atoms with Gasteiger partial charge in [-0.1, -0.05) is 0 Å². The topological polar surface area (TPSA) is 74.4 Å². The van der Waals surface area contributed by atoms with E-state index in [9.17, 15) is 31.1 Å². The quantitative estimate of drug-likeness (QED) is 0.683. The third-order valence-electron chi connectivity index (χ3n) is 2.13. The van der Waals surface area contributed by atoms with Crippen LogP contribution < -0.4 is 10.5 Å². The van der Waals surface area contributed by atoms with Crippen molar-refractivity contribution in [3.05, 3.63) is 23.0 Å². The van der Waals surface area contributed by atoms with Crippen LogP contribution in [0.4, 0.5) is 26.3 Å². The van der Waals surface area contributed by atoms with Crippen molar-refractivity contribution in [3.8, 4) is 5.75 Å². The molecule has 2 N–H and O–H groups in total. The number of hydrogen-bond acceptors (Lipinski definition) is 5. The van der Waals surface area contributed by atoms with E-state index in [-0.39, 0.29) is 0 Å². The van der Waals surface area contributed by atoms with E-state index in [0.29, 0.717) is 6.07 Å². The molecule has 0 spiro atoms. The fourth-order valence-corrected chi connectivity index (χ4v) is 1.36. The Morgan fingerprint density at radius 3 is 2.24 bits per heavy atom. The maximum Gasteiger partial charge on any atom is 0.573 e. The molecule has 118 valence electrons. The second-order valence-electron chi connectivity index (χ2n) is 3.58. The number of aromatic nitrogens is 1. The van der Waals surface area contributed by atoms with Gasteiger partial charge in [0.2, 0.25) is 0 Å². The molecule has 0 fully saturated rings. The van der Waals surface area contributed by atoms with Crippen LogP contribution in [0.25, 0.3) is 0 Å².